The molecule has 0 aliphatic carbocycles. The van der Waals surface area contributed by atoms with Crippen molar-refractivity contribution in [3.63, 3.8) is 0 Å². The Hall–Kier alpha value is -1.97. The Balaban J connectivity index is 2.20. The third kappa shape index (κ3) is 5.51. The number of rotatable bonds is 10. The molecule has 0 saturated heterocycles. The molecule has 1 atom stereocenters. The van der Waals surface area contributed by atoms with Crippen molar-refractivity contribution >= 4 is 20.2 Å². The zero-order valence-corrected chi connectivity index (χ0v) is 17.2. The fourth-order valence-electron chi connectivity index (χ4n) is 3.19. The van der Waals surface area contributed by atoms with Gasteiger partial charge in [0.25, 0.3) is 0 Å². The number of Topliss-reactive ketones (excluding diaryl/α,β-unsaturated/α-hetero) is 1. The highest BCUT2D eigenvalue weighted by atomic mass is 28.4. The van der Waals surface area contributed by atoms with Crippen LogP contribution >= 0.6 is 0 Å². The Bertz CT molecular complexity index is 682. The van der Waals surface area contributed by atoms with Crippen molar-refractivity contribution in [2.75, 3.05) is 0 Å². The Labute approximate surface area is 159 Å². The van der Waals surface area contributed by atoms with E-state index in [-0.39, 0.29) is 5.78 Å². The van der Waals surface area contributed by atoms with Crippen LogP contribution in [0.5, 0.6) is 0 Å². The smallest absolute Gasteiger partial charge is 0.193 e. The summed E-state index contributed by atoms with van der Waals surface area (Å²) < 4.78 is 6.58. The van der Waals surface area contributed by atoms with E-state index in [1.54, 1.807) is 0 Å². The lowest BCUT2D eigenvalue weighted by atomic mass is 10.0. The van der Waals surface area contributed by atoms with Crippen LogP contribution in [0.1, 0.15) is 43.1 Å². The van der Waals surface area contributed by atoms with Gasteiger partial charge in [0.15, 0.2) is 14.1 Å². The van der Waals surface area contributed by atoms with Crippen LogP contribution in [0.2, 0.25) is 18.1 Å². The quantitative estimate of drug-likeness (QED) is 0.361. The summed E-state index contributed by atoms with van der Waals surface area (Å²) >= 11 is 0. The zero-order chi connectivity index (χ0) is 18.8. The lowest BCUT2D eigenvalue weighted by molar-refractivity contribution is 0.0777. The molecule has 2 aromatic carbocycles. The summed E-state index contributed by atoms with van der Waals surface area (Å²) in [5.41, 5.74) is 1.88. The summed E-state index contributed by atoms with van der Waals surface area (Å²) in [7, 11) is -1.86. The molecule has 0 N–H and O–H groups in total. The van der Waals surface area contributed by atoms with Crippen LogP contribution in [0.25, 0.3) is 6.08 Å². The van der Waals surface area contributed by atoms with Crippen molar-refractivity contribution in [1.82, 2.24) is 0 Å². The zero-order valence-electron chi connectivity index (χ0n) is 16.2. The summed E-state index contributed by atoms with van der Waals surface area (Å²) in [4.78, 5) is 13.1. The average molecular weight is 367 g/mol. The van der Waals surface area contributed by atoms with E-state index in [2.05, 4.69) is 45.1 Å². The molecule has 0 saturated carbocycles. The molecule has 138 valence electrons. The molecular weight excluding hydrogens is 336 g/mol. The third-order valence-electron chi connectivity index (χ3n) is 5.14. The summed E-state index contributed by atoms with van der Waals surface area (Å²) in [6, 6.07) is 22.8. The second-order valence-electron chi connectivity index (χ2n) is 6.63. The van der Waals surface area contributed by atoms with Crippen molar-refractivity contribution in [3.05, 3.63) is 77.9 Å². The standard InChI is InChI=1S/C23H30O2Si/c1-4-26(5-2,6-3)25-22(23(24)21-17-11-8-12-18-21)19-13-16-20-14-9-7-10-15-20/h7-18,22H,4-6,19H2,1-3H3/b16-13+/t22-/m0/s1. The van der Waals surface area contributed by atoms with E-state index in [9.17, 15) is 4.79 Å². The minimum absolute atomic E-state index is 0.0931. The minimum atomic E-state index is -1.86. The molecule has 0 heterocycles. The van der Waals surface area contributed by atoms with Crippen LogP contribution in [0.3, 0.4) is 0 Å². The molecule has 0 aliphatic heterocycles. The summed E-state index contributed by atoms with van der Waals surface area (Å²) in [6.45, 7) is 6.59. The molecule has 2 aromatic rings. The monoisotopic (exact) mass is 366 g/mol. The second-order valence-corrected chi connectivity index (χ2v) is 11.4. The topological polar surface area (TPSA) is 26.3 Å². The summed E-state index contributed by atoms with van der Waals surface area (Å²) in [5, 5.41) is 0. The first-order chi connectivity index (χ1) is 12.6. The largest absolute Gasteiger partial charge is 0.406 e. The van der Waals surface area contributed by atoms with Crippen molar-refractivity contribution in [2.45, 2.75) is 51.4 Å². The highest BCUT2D eigenvalue weighted by Crippen LogP contribution is 2.26. The highest BCUT2D eigenvalue weighted by molar-refractivity contribution is 6.73. The van der Waals surface area contributed by atoms with Gasteiger partial charge in [-0.3, -0.25) is 4.79 Å². The lowest BCUT2D eigenvalue weighted by Crippen LogP contribution is -2.42. The first-order valence-corrected chi connectivity index (χ1v) is 12.2. The first kappa shape index (κ1) is 20.3. The molecule has 3 heteroatoms. The van der Waals surface area contributed by atoms with E-state index in [0.717, 1.165) is 29.3 Å². The molecule has 26 heavy (non-hydrogen) atoms. The van der Waals surface area contributed by atoms with Gasteiger partial charge in [-0.15, -0.1) is 0 Å². The van der Waals surface area contributed by atoms with Gasteiger partial charge in [-0.2, -0.15) is 0 Å². The van der Waals surface area contributed by atoms with Crippen molar-refractivity contribution in [3.8, 4) is 0 Å². The molecule has 2 nitrogen and oxygen atoms in total. The van der Waals surface area contributed by atoms with Crippen LogP contribution in [0.15, 0.2) is 66.7 Å². The molecule has 0 amide bonds. The molecule has 0 radical (unpaired) electrons. The van der Waals surface area contributed by atoms with Crippen molar-refractivity contribution in [2.24, 2.45) is 0 Å². The third-order valence-corrected chi connectivity index (χ3v) is 9.79. The van der Waals surface area contributed by atoms with Crippen molar-refractivity contribution < 1.29 is 9.22 Å². The van der Waals surface area contributed by atoms with Crippen LogP contribution in [0, 0.1) is 0 Å². The maximum Gasteiger partial charge on any atom is 0.193 e. The summed E-state index contributed by atoms with van der Waals surface area (Å²) in [5.74, 6) is 0.0931. The number of hydrogen-bond acceptors (Lipinski definition) is 2. The fourth-order valence-corrected chi connectivity index (χ4v) is 6.00. The Kier molecular flexibility index (Phi) is 8.01. The fraction of sp³-hybridized carbons (Fsp3) is 0.348. The van der Waals surface area contributed by atoms with Crippen LogP contribution in [-0.2, 0) is 4.43 Å². The molecule has 0 spiro atoms. The molecule has 0 aliphatic rings. The number of carbonyl (C=O) groups is 1. The van der Waals surface area contributed by atoms with E-state index < -0.39 is 14.4 Å². The van der Waals surface area contributed by atoms with Crippen LogP contribution < -0.4 is 0 Å². The van der Waals surface area contributed by atoms with E-state index >= 15 is 0 Å². The van der Waals surface area contributed by atoms with Gasteiger partial charge in [0.2, 0.25) is 0 Å². The normalized spacial score (nSPS) is 13.0. The predicted octanol–water partition coefficient (Wildman–Crippen LogP) is 6.36. The number of hydrogen-bond donors (Lipinski definition) is 0. The Morgan fingerprint density at radius 2 is 1.46 bits per heavy atom. The molecule has 2 rings (SSSR count). The van der Waals surface area contributed by atoms with Gasteiger partial charge < -0.3 is 4.43 Å². The number of ketones is 1. The molecule has 0 fully saturated rings. The summed E-state index contributed by atoms with van der Waals surface area (Å²) in [6.07, 6.45) is 4.35. The van der Waals surface area contributed by atoms with Gasteiger partial charge in [-0.25, -0.2) is 0 Å². The minimum Gasteiger partial charge on any atom is -0.406 e. The van der Waals surface area contributed by atoms with E-state index in [1.807, 2.05) is 48.5 Å². The van der Waals surface area contributed by atoms with Crippen molar-refractivity contribution in [1.29, 1.82) is 0 Å². The predicted molar refractivity (Wildman–Crippen MR) is 113 cm³/mol. The lowest BCUT2D eigenvalue weighted by Gasteiger charge is -2.32. The number of benzene rings is 2. The SMILES string of the molecule is CC[Si](CC)(CC)O[C@@H](C/C=C/c1ccccc1)C(=O)c1ccccc1. The first-order valence-electron chi connectivity index (χ1n) is 9.62. The molecule has 0 aromatic heterocycles. The van der Waals surface area contributed by atoms with Crippen LogP contribution in [-0.4, -0.2) is 20.2 Å². The van der Waals surface area contributed by atoms with E-state index in [0.29, 0.717) is 6.42 Å². The van der Waals surface area contributed by atoms with Gasteiger partial charge in [0.1, 0.15) is 6.10 Å². The Morgan fingerprint density at radius 1 is 0.923 bits per heavy atom. The van der Waals surface area contributed by atoms with Gasteiger partial charge >= 0.3 is 0 Å². The molecular formula is C23H30O2Si. The van der Waals surface area contributed by atoms with Gasteiger partial charge in [-0.1, -0.05) is 93.6 Å². The number of carbonyl (C=O) groups excluding carboxylic acids is 1. The van der Waals surface area contributed by atoms with Gasteiger partial charge in [-0.05, 0) is 30.1 Å². The maximum atomic E-state index is 13.1. The molecule has 0 bridgehead atoms. The highest BCUT2D eigenvalue weighted by Gasteiger charge is 2.34. The molecule has 0 unspecified atom stereocenters. The van der Waals surface area contributed by atoms with Gasteiger partial charge in [0.05, 0.1) is 0 Å². The van der Waals surface area contributed by atoms with E-state index in [1.165, 1.54) is 0 Å². The average Bonchev–Trinajstić information content (AvgIpc) is 2.72. The van der Waals surface area contributed by atoms with Gasteiger partial charge in [0, 0.05) is 5.56 Å². The van der Waals surface area contributed by atoms with Crippen LogP contribution in [0.4, 0.5) is 0 Å². The Morgan fingerprint density at radius 3 is 2.00 bits per heavy atom. The van der Waals surface area contributed by atoms with E-state index in [4.69, 9.17) is 4.43 Å². The second kappa shape index (κ2) is 10.2. The maximum absolute atomic E-state index is 13.1.